The van der Waals surface area contributed by atoms with Crippen LogP contribution in [0, 0.1) is 5.92 Å². The van der Waals surface area contributed by atoms with Crippen LogP contribution in [0.3, 0.4) is 0 Å². The Morgan fingerprint density at radius 3 is 2.92 bits per heavy atom. The Labute approximate surface area is 73.1 Å². The maximum absolute atomic E-state index is 8.84. The minimum atomic E-state index is 0.255. The summed E-state index contributed by atoms with van der Waals surface area (Å²) >= 11 is 0. The normalized spacial score (nSPS) is 23.3. The molecule has 3 nitrogen and oxygen atoms in total. The lowest BCUT2D eigenvalue weighted by Crippen LogP contribution is -2.27. The van der Waals surface area contributed by atoms with Gasteiger partial charge in [0.25, 0.3) is 0 Å². The summed E-state index contributed by atoms with van der Waals surface area (Å²) < 4.78 is 0. The molecule has 3 heteroatoms. The minimum Gasteiger partial charge on any atom is -0.395 e. The van der Waals surface area contributed by atoms with Gasteiger partial charge in [0, 0.05) is 23.9 Å². The van der Waals surface area contributed by atoms with Gasteiger partial charge in [-0.1, -0.05) is 0 Å². The fraction of sp³-hybridized carbons (Fsp3) is 0.778. The molecule has 1 saturated carbocycles. The standard InChI is InChI=1S/C9H16N2O/c1-7-9(8-2-3-8)11(4-5-12)6-10-7/h8,10,12H,2-6H2,1H3. The number of aliphatic hydroxyl groups excluding tert-OH is 1. The molecule has 0 aromatic heterocycles. The third kappa shape index (κ3) is 1.29. The molecule has 1 aliphatic heterocycles. The van der Waals surface area contributed by atoms with E-state index in [0.717, 1.165) is 19.1 Å². The molecular weight excluding hydrogens is 152 g/mol. The van der Waals surface area contributed by atoms with Crippen molar-refractivity contribution in [3.8, 4) is 0 Å². The summed E-state index contributed by atoms with van der Waals surface area (Å²) in [7, 11) is 0. The third-order valence-electron chi connectivity index (χ3n) is 2.59. The fourth-order valence-electron chi connectivity index (χ4n) is 1.87. The molecule has 0 saturated heterocycles. The van der Waals surface area contributed by atoms with E-state index in [0.29, 0.717) is 0 Å². The highest BCUT2D eigenvalue weighted by Crippen LogP contribution is 2.40. The van der Waals surface area contributed by atoms with E-state index >= 15 is 0 Å². The largest absolute Gasteiger partial charge is 0.395 e. The number of nitrogens with one attached hydrogen (secondary N) is 1. The van der Waals surface area contributed by atoms with E-state index in [1.807, 2.05) is 0 Å². The molecule has 0 aromatic rings. The molecule has 2 N–H and O–H groups in total. The topological polar surface area (TPSA) is 35.5 Å². The van der Waals surface area contributed by atoms with Crippen LogP contribution in [-0.2, 0) is 0 Å². The first-order valence-electron chi connectivity index (χ1n) is 4.63. The number of rotatable bonds is 3. The second-order valence-electron chi connectivity index (χ2n) is 3.61. The average Bonchev–Trinajstić information content (AvgIpc) is 2.80. The Kier molecular flexibility index (Phi) is 1.97. The average molecular weight is 168 g/mol. The second kappa shape index (κ2) is 2.98. The molecule has 1 aliphatic carbocycles. The van der Waals surface area contributed by atoms with Crippen LogP contribution in [-0.4, -0.2) is 29.8 Å². The molecule has 0 radical (unpaired) electrons. The molecule has 2 rings (SSSR count). The zero-order chi connectivity index (χ0) is 8.55. The molecule has 68 valence electrons. The van der Waals surface area contributed by atoms with Gasteiger partial charge >= 0.3 is 0 Å². The highest BCUT2D eigenvalue weighted by molar-refractivity contribution is 5.21. The predicted molar refractivity (Wildman–Crippen MR) is 47.2 cm³/mol. The van der Waals surface area contributed by atoms with E-state index in [9.17, 15) is 0 Å². The van der Waals surface area contributed by atoms with E-state index in [1.54, 1.807) is 0 Å². The summed E-state index contributed by atoms with van der Waals surface area (Å²) in [5.74, 6) is 0.784. The Morgan fingerprint density at radius 2 is 2.33 bits per heavy atom. The maximum Gasteiger partial charge on any atom is 0.0873 e. The van der Waals surface area contributed by atoms with Gasteiger partial charge in [0.2, 0.25) is 0 Å². The number of nitrogens with zero attached hydrogens (tertiary/aromatic N) is 1. The van der Waals surface area contributed by atoms with E-state index in [4.69, 9.17) is 5.11 Å². The quantitative estimate of drug-likeness (QED) is 0.643. The summed E-state index contributed by atoms with van der Waals surface area (Å²) in [5, 5.41) is 12.2. The van der Waals surface area contributed by atoms with Crippen LogP contribution < -0.4 is 5.32 Å². The van der Waals surface area contributed by atoms with E-state index < -0.39 is 0 Å². The lowest BCUT2D eigenvalue weighted by molar-refractivity contribution is 0.227. The second-order valence-corrected chi connectivity index (χ2v) is 3.61. The zero-order valence-corrected chi connectivity index (χ0v) is 7.51. The van der Waals surface area contributed by atoms with Crippen LogP contribution in [0.1, 0.15) is 19.8 Å². The van der Waals surface area contributed by atoms with Crippen LogP contribution in [0.15, 0.2) is 11.4 Å². The summed E-state index contributed by atoms with van der Waals surface area (Å²) in [4.78, 5) is 2.26. The molecule has 0 amide bonds. The highest BCUT2D eigenvalue weighted by Gasteiger charge is 2.33. The molecule has 2 aliphatic rings. The van der Waals surface area contributed by atoms with Crippen LogP contribution in [0.5, 0.6) is 0 Å². The number of β-amino-alcohol motifs (C(OH)–C–C–N with tert-alkyl or cyclic N) is 1. The zero-order valence-electron chi connectivity index (χ0n) is 7.51. The summed E-state index contributed by atoms with van der Waals surface area (Å²) in [6.45, 7) is 4.05. The monoisotopic (exact) mass is 168 g/mol. The maximum atomic E-state index is 8.84. The molecule has 1 fully saturated rings. The third-order valence-corrected chi connectivity index (χ3v) is 2.59. The van der Waals surface area contributed by atoms with Crippen molar-refractivity contribution in [1.29, 1.82) is 0 Å². The van der Waals surface area contributed by atoms with Gasteiger partial charge in [0.05, 0.1) is 13.3 Å². The SMILES string of the molecule is CC1=C(C2CC2)N(CCO)CN1. The van der Waals surface area contributed by atoms with Crippen molar-refractivity contribution < 1.29 is 5.11 Å². The summed E-state index contributed by atoms with van der Waals surface area (Å²) in [6.07, 6.45) is 2.66. The first kappa shape index (κ1) is 7.92. The Morgan fingerprint density at radius 1 is 1.58 bits per heavy atom. The van der Waals surface area contributed by atoms with E-state index in [-0.39, 0.29) is 6.61 Å². The van der Waals surface area contributed by atoms with Gasteiger partial charge in [0.15, 0.2) is 0 Å². The van der Waals surface area contributed by atoms with Gasteiger partial charge in [-0.2, -0.15) is 0 Å². The molecule has 1 heterocycles. The summed E-state index contributed by atoms with van der Waals surface area (Å²) in [5.41, 5.74) is 2.76. The molecular formula is C9H16N2O. The van der Waals surface area contributed by atoms with Crippen molar-refractivity contribution >= 4 is 0 Å². The Hall–Kier alpha value is -0.700. The van der Waals surface area contributed by atoms with Crippen molar-refractivity contribution in [2.75, 3.05) is 19.8 Å². The first-order valence-corrected chi connectivity index (χ1v) is 4.63. The van der Waals surface area contributed by atoms with Crippen LogP contribution in [0.25, 0.3) is 0 Å². The smallest absolute Gasteiger partial charge is 0.0873 e. The van der Waals surface area contributed by atoms with E-state index in [2.05, 4.69) is 17.1 Å². The number of aliphatic hydroxyl groups is 1. The van der Waals surface area contributed by atoms with Gasteiger partial charge in [-0.05, 0) is 19.8 Å². The van der Waals surface area contributed by atoms with E-state index in [1.165, 1.54) is 24.2 Å². The molecule has 0 aromatic carbocycles. The fourth-order valence-corrected chi connectivity index (χ4v) is 1.87. The Bertz CT molecular complexity index is 209. The van der Waals surface area contributed by atoms with Gasteiger partial charge in [-0.3, -0.25) is 0 Å². The predicted octanol–water partition coefficient (Wildman–Crippen LogP) is 0.483. The van der Waals surface area contributed by atoms with Gasteiger partial charge in [-0.25, -0.2) is 0 Å². The van der Waals surface area contributed by atoms with Crippen LogP contribution >= 0.6 is 0 Å². The lowest BCUT2D eigenvalue weighted by Gasteiger charge is -2.19. The van der Waals surface area contributed by atoms with Gasteiger partial charge < -0.3 is 15.3 Å². The Balaban J connectivity index is 2.06. The molecule has 0 unspecified atom stereocenters. The van der Waals surface area contributed by atoms with Crippen molar-refractivity contribution in [1.82, 2.24) is 10.2 Å². The lowest BCUT2D eigenvalue weighted by atomic mass is 10.2. The number of hydrogen-bond donors (Lipinski definition) is 2. The highest BCUT2D eigenvalue weighted by atomic mass is 16.3. The van der Waals surface area contributed by atoms with Crippen molar-refractivity contribution in [2.45, 2.75) is 19.8 Å². The molecule has 0 atom stereocenters. The molecule has 0 spiro atoms. The van der Waals surface area contributed by atoms with Gasteiger partial charge in [-0.15, -0.1) is 0 Å². The van der Waals surface area contributed by atoms with Crippen molar-refractivity contribution in [2.24, 2.45) is 5.92 Å². The molecule has 12 heavy (non-hydrogen) atoms. The van der Waals surface area contributed by atoms with Crippen LogP contribution in [0.2, 0.25) is 0 Å². The van der Waals surface area contributed by atoms with Crippen molar-refractivity contribution in [3.05, 3.63) is 11.4 Å². The number of hydrogen-bond acceptors (Lipinski definition) is 3. The minimum absolute atomic E-state index is 0.255. The van der Waals surface area contributed by atoms with Crippen molar-refractivity contribution in [3.63, 3.8) is 0 Å². The number of allylic oxidation sites excluding steroid dienone is 2. The summed E-state index contributed by atoms with van der Waals surface area (Å²) in [6, 6.07) is 0. The van der Waals surface area contributed by atoms with Gasteiger partial charge in [0.1, 0.15) is 0 Å². The van der Waals surface area contributed by atoms with Crippen LogP contribution in [0.4, 0.5) is 0 Å². The molecule has 0 bridgehead atoms. The first-order chi connectivity index (χ1) is 5.83.